The Labute approximate surface area is 183 Å². The quantitative estimate of drug-likeness (QED) is 0.354. The number of aryl methyl sites for hydroxylation is 3. The van der Waals surface area contributed by atoms with Gasteiger partial charge in [0.1, 0.15) is 12.4 Å². The van der Waals surface area contributed by atoms with Crippen LogP contribution in [-0.4, -0.2) is 29.0 Å². The average molecular weight is 430 g/mol. The zero-order chi connectivity index (χ0) is 22.7. The summed E-state index contributed by atoms with van der Waals surface area (Å²) in [5.74, 6) is -0.467. The van der Waals surface area contributed by atoms with Crippen LogP contribution in [0.3, 0.4) is 0 Å². The summed E-state index contributed by atoms with van der Waals surface area (Å²) in [5, 5.41) is 36.7. The first kappa shape index (κ1) is 19.9. The standard InChI is InChI=1S/C24H22N4O4/c1-13-4-6-15-17(10-26(2)19(15)8-13)21-22(24(31)28(12-29)23(21)30)18-11-27(3)20-9-14(25-32)5-7-16(18)20/h4-11,29-31H,12H2,1-3H3. The van der Waals surface area contributed by atoms with E-state index in [0.29, 0.717) is 22.4 Å². The van der Waals surface area contributed by atoms with Crippen LogP contribution in [0.5, 0.6) is 11.8 Å². The van der Waals surface area contributed by atoms with Crippen LogP contribution in [0.2, 0.25) is 0 Å². The minimum atomic E-state index is -0.585. The summed E-state index contributed by atoms with van der Waals surface area (Å²) in [6.07, 6.45) is 3.73. The molecule has 0 atom stereocenters. The average Bonchev–Trinajstić information content (AvgIpc) is 3.36. The summed E-state index contributed by atoms with van der Waals surface area (Å²) < 4.78 is 4.87. The van der Waals surface area contributed by atoms with Gasteiger partial charge in [0.2, 0.25) is 11.8 Å². The maximum atomic E-state index is 11.1. The number of fused-ring (bicyclic) bond motifs is 2. The number of aliphatic hydroxyl groups excluding tert-OH is 1. The van der Waals surface area contributed by atoms with Crippen LogP contribution < -0.4 is 0 Å². The Morgan fingerprint density at radius 1 is 0.844 bits per heavy atom. The van der Waals surface area contributed by atoms with Gasteiger partial charge in [-0.1, -0.05) is 12.1 Å². The molecular weight excluding hydrogens is 408 g/mol. The van der Waals surface area contributed by atoms with Crippen LogP contribution in [0.25, 0.3) is 44.1 Å². The smallest absolute Gasteiger partial charge is 0.204 e. The SMILES string of the molecule is Cc1ccc2c(-c3c(-c4cn(C)c5cc(N=O)ccc45)c(O)n(CO)c3O)cn(C)c2c1. The van der Waals surface area contributed by atoms with E-state index in [0.717, 1.165) is 37.5 Å². The van der Waals surface area contributed by atoms with E-state index < -0.39 is 6.73 Å². The molecule has 0 amide bonds. The van der Waals surface area contributed by atoms with Gasteiger partial charge in [-0.25, -0.2) is 0 Å². The molecule has 0 bridgehead atoms. The van der Waals surface area contributed by atoms with E-state index >= 15 is 0 Å². The summed E-state index contributed by atoms with van der Waals surface area (Å²) in [4.78, 5) is 11.0. The van der Waals surface area contributed by atoms with Gasteiger partial charge in [0.05, 0.1) is 16.6 Å². The van der Waals surface area contributed by atoms with Gasteiger partial charge in [-0.3, -0.25) is 4.57 Å². The molecule has 0 aliphatic carbocycles. The van der Waals surface area contributed by atoms with Crippen molar-refractivity contribution >= 4 is 27.5 Å². The molecule has 2 aromatic carbocycles. The predicted octanol–water partition coefficient (Wildman–Crippen LogP) is 4.87. The Balaban J connectivity index is 1.89. The van der Waals surface area contributed by atoms with Gasteiger partial charge in [-0.2, -0.15) is 0 Å². The molecule has 3 heterocycles. The summed E-state index contributed by atoms with van der Waals surface area (Å²) in [6.45, 7) is 1.43. The van der Waals surface area contributed by atoms with Crippen molar-refractivity contribution in [2.24, 2.45) is 19.3 Å². The Hall–Kier alpha value is -4.04. The molecule has 5 rings (SSSR count). The molecule has 0 saturated carbocycles. The second-order valence-electron chi connectivity index (χ2n) is 8.09. The number of nitrogens with zero attached hydrogens (tertiary/aromatic N) is 4. The van der Waals surface area contributed by atoms with Crippen molar-refractivity contribution in [3.05, 3.63) is 59.3 Å². The highest BCUT2D eigenvalue weighted by molar-refractivity contribution is 6.08. The number of nitroso groups, excluding NO2 is 1. The molecule has 162 valence electrons. The van der Waals surface area contributed by atoms with Gasteiger partial charge in [0, 0.05) is 53.9 Å². The second-order valence-corrected chi connectivity index (χ2v) is 8.09. The van der Waals surface area contributed by atoms with Crippen molar-refractivity contribution in [3.63, 3.8) is 0 Å². The number of aromatic hydroxyl groups is 2. The number of benzene rings is 2. The lowest BCUT2D eigenvalue weighted by Crippen LogP contribution is -1.94. The predicted molar refractivity (Wildman–Crippen MR) is 124 cm³/mol. The second kappa shape index (κ2) is 7.00. The number of aliphatic hydroxyl groups is 1. The molecule has 8 heteroatoms. The molecule has 0 unspecified atom stereocenters. The van der Waals surface area contributed by atoms with Gasteiger partial charge in [-0.05, 0) is 41.9 Å². The maximum absolute atomic E-state index is 11.1. The van der Waals surface area contributed by atoms with E-state index in [-0.39, 0.29) is 11.8 Å². The van der Waals surface area contributed by atoms with Crippen molar-refractivity contribution in [1.29, 1.82) is 0 Å². The van der Waals surface area contributed by atoms with Crippen molar-refractivity contribution in [1.82, 2.24) is 13.7 Å². The topological polar surface area (TPSA) is 105 Å². The number of hydrogen-bond acceptors (Lipinski definition) is 5. The van der Waals surface area contributed by atoms with Crippen LogP contribution in [0.15, 0.2) is 54.0 Å². The molecule has 0 radical (unpaired) electrons. The Kier molecular flexibility index (Phi) is 4.35. The van der Waals surface area contributed by atoms with Crippen LogP contribution in [0, 0.1) is 11.8 Å². The van der Waals surface area contributed by atoms with Crippen LogP contribution in [0.1, 0.15) is 5.56 Å². The third kappa shape index (κ3) is 2.66. The number of rotatable bonds is 4. The first-order valence-corrected chi connectivity index (χ1v) is 10.1. The van der Waals surface area contributed by atoms with Gasteiger partial charge < -0.3 is 24.5 Å². The number of aromatic nitrogens is 3. The van der Waals surface area contributed by atoms with E-state index in [1.165, 1.54) is 0 Å². The zero-order valence-electron chi connectivity index (χ0n) is 17.9. The van der Waals surface area contributed by atoms with E-state index in [1.54, 1.807) is 18.2 Å². The molecule has 32 heavy (non-hydrogen) atoms. The summed E-state index contributed by atoms with van der Waals surface area (Å²) in [7, 11) is 3.76. The lowest BCUT2D eigenvalue weighted by Gasteiger charge is -2.04. The van der Waals surface area contributed by atoms with E-state index in [2.05, 4.69) is 11.2 Å². The zero-order valence-corrected chi connectivity index (χ0v) is 17.9. The normalized spacial score (nSPS) is 11.6. The van der Waals surface area contributed by atoms with Crippen molar-refractivity contribution in [3.8, 4) is 34.0 Å². The lowest BCUT2D eigenvalue weighted by atomic mass is 9.97. The van der Waals surface area contributed by atoms with Gasteiger partial charge in [0.15, 0.2) is 0 Å². The Morgan fingerprint density at radius 2 is 1.38 bits per heavy atom. The van der Waals surface area contributed by atoms with Crippen LogP contribution in [0.4, 0.5) is 5.69 Å². The molecule has 0 aliphatic heterocycles. The highest BCUT2D eigenvalue weighted by Crippen LogP contribution is 2.51. The minimum Gasteiger partial charge on any atom is -0.494 e. The molecule has 3 aromatic heterocycles. The molecule has 5 aromatic rings. The Bertz CT molecular complexity index is 1540. The van der Waals surface area contributed by atoms with Crippen molar-refractivity contribution < 1.29 is 15.3 Å². The fourth-order valence-corrected chi connectivity index (χ4v) is 4.56. The van der Waals surface area contributed by atoms with E-state index in [4.69, 9.17) is 0 Å². The first-order valence-electron chi connectivity index (χ1n) is 10.1. The summed E-state index contributed by atoms with van der Waals surface area (Å²) in [5.41, 5.74) is 5.39. The summed E-state index contributed by atoms with van der Waals surface area (Å²) >= 11 is 0. The fourth-order valence-electron chi connectivity index (χ4n) is 4.56. The maximum Gasteiger partial charge on any atom is 0.204 e. The van der Waals surface area contributed by atoms with Gasteiger partial charge in [-0.15, -0.1) is 4.91 Å². The monoisotopic (exact) mass is 430 g/mol. The molecule has 0 aliphatic rings. The fraction of sp³-hybridized carbons (Fsp3) is 0.167. The molecule has 0 fully saturated rings. The number of hydrogen-bond donors (Lipinski definition) is 3. The lowest BCUT2D eigenvalue weighted by molar-refractivity contribution is 0.183. The molecule has 8 nitrogen and oxygen atoms in total. The third-order valence-corrected chi connectivity index (χ3v) is 6.11. The highest BCUT2D eigenvalue weighted by atomic mass is 16.3. The molecule has 0 saturated heterocycles. The van der Waals surface area contributed by atoms with Gasteiger partial charge in [0.25, 0.3) is 0 Å². The van der Waals surface area contributed by atoms with Crippen LogP contribution >= 0.6 is 0 Å². The van der Waals surface area contributed by atoms with E-state index in [1.807, 2.05) is 54.7 Å². The largest absolute Gasteiger partial charge is 0.494 e. The molecule has 3 N–H and O–H groups in total. The Morgan fingerprint density at radius 3 is 1.91 bits per heavy atom. The highest BCUT2D eigenvalue weighted by Gasteiger charge is 2.28. The molecular formula is C24H22N4O4. The first-order chi connectivity index (χ1) is 15.3. The minimum absolute atomic E-state index is 0.226. The van der Waals surface area contributed by atoms with E-state index in [9.17, 15) is 20.2 Å². The van der Waals surface area contributed by atoms with Crippen molar-refractivity contribution in [2.75, 3.05) is 0 Å². The summed E-state index contributed by atoms with van der Waals surface area (Å²) in [6, 6.07) is 11.1. The van der Waals surface area contributed by atoms with Crippen LogP contribution in [-0.2, 0) is 20.8 Å². The molecule has 0 spiro atoms. The van der Waals surface area contributed by atoms with Crippen molar-refractivity contribution in [2.45, 2.75) is 13.7 Å². The third-order valence-electron chi connectivity index (χ3n) is 6.11. The van der Waals surface area contributed by atoms with Gasteiger partial charge >= 0.3 is 0 Å².